The van der Waals surface area contributed by atoms with Gasteiger partial charge in [-0.05, 0) is 36.4 Å². The van der Waals surface area contributed by atoms with Crippen LogP contribution in [0.4, 0.5) is 0 Å². The van der Waals surface area contributed by atoms with Gasteiger partial charge in [0.05, 0.1) is 5.56 Å². The number of carbonyl (C=O) groups excluding carboxylic acids is 2. The molecule has 0 unspecified atom stereocenters. The number of hydrogen-bond acceptors (Lipinski definition) is 4. The molecule has 126 valence electrons. The van der Waals surface area contributed by atoms with E-state index in [9.17, 15) is 9.59 Å². The van der Waals surface area contributed by atoms with Gasteiger partial charge in [-0.25, -0.2) is 0 Å². The van der Waals surface area contributed by atoms with Crippen molar-refractivity contribution < 1.29 is 14.3 Å². The minimum absolute atomic E-state index is 0.258. The largest absolute Gasteiger partial charge is 0.483 e. The standard InChI is InChI=1S/C17H17ClN2O3S/c18-12-5-7-13(8-6-12)24-10-9-20-17(22)14-3-1-2-4-15(14)23-11-16(19)21/h1-8H,9-11H2,(H2,19,21)(H,20,22). The van der Waals surface area contributed by atoms with Crippen LogP contribution in [0, 0.1) is 0 Å². The molecule has 2 aromatic carbocycles. The molecule has 0 bridgehead atoms. The minimum Gasteiger partial charge on any atom is -0.483 e. The van der Waals surface area contributed by atoms with Gasteiger partial charge in [-0.3, -0.25) is 9.59 Å². The Kier molecular flexibility index (Phi) is 6.96. The Morgan fingerprint density at radius 1 is 1.12 bits per heavy atom. The van der Waals surface area contributed by atoms with Crippen LogP contribution in [-0.2, 0) is 4.79 Å². The van der Waals surface area contributed by atoms with Crippen molar-refractivity contribution in [3.63, 3.8) is 0 Å². The van der Waals surface area contributed by atoms with E-state index in [2.05, 4.69) is 5.32 Å². The van der Waals surface area contributed by atoms with Crippen molar-refractivity contribution in [2.45, 2.75) is 4.90 Å². The Bertz CT molecular complexity index is 707. The second kappa shape index (κ2) is 9.20. The van der Waals surface area contributed by atoms with Crippen molar-refractivity contribution in [2.24, 2.45) is 5.73 Å². The van der Waals surface area contributed by atoms with E-state index in [1.54, 1.807) is 36.0 Å². The molecule has 2 amide bonds. The van der Waals surface area contributed by atoms with Crippen molar-refractivity contribution in [1.82, 2.24) is 5.32 Å². The van der Waals surface area contributed by atoms with Crippen LogP contribution in [0.15, 0.2) is 53.4 Å². The zero-order chi connectivity index (χ0) is 17.4. The van der Waals surface area contributed by atoms with Crippen LogP contribution in [0.2, 0.25) is 5.02 Å². The van der Waals surface area contributed by atoms with Gasteiger partial charge >= 0.3 is 0 Å². The lowest BCUT2D eigenvalue weighted by atomic mass is 10.2. The fourth-order valence-electron chi connectivity index (χ4n) is 1.89. The third-order valence-corrected chi connectivity index (χ3v) is 4.24. The predicted octanol–water partition coefficient (Wildman–Crippen LogP) is 2.73. The number of ether oxygens (including phenoxy) is 1. The van der Waals surface area contributed by atoms with Crippen LogP contribution in [0.3, 0.4) is 0 Å². The number of hydrogen-bond donors (Lipinski definition) is 2. The molecular formula is C17H17ClN2O3S. The highest BCUT2D eigenvalue weighted by molar-refractivity contribution is 7.99. The summed E-state index contributed by atoms with van der Waals surface area (Å²) >= 11 is 7.45. The molecule has 0 heterocycles. The van der Waals surface area contributed by atoms with E-state index < -0.39 is 5.91 Å². The maximum absolute atomic E-state index is 12.2. The van der Waals surface area contributed by atoms with Crippen molar-refractivity contribution in [2.75, 3.05) is 18.9 Å². The fourth-order valence-corrected chi connectivity index (χ4v) is 2.78. The molecule has 0 radical (unpaired) electrons. The molecule has 24 heavy (non-hydrogen) atoms. The molecule has 0 aliphatic carbocycles. The number of rotatable bonds is 8. The van der Waals surface area contributed by atoms with E-state index in [0.29, 0.717) is 22.9 Å². The summed E-state index contributed by atoms with van der Waals surface area (Å²) in [5, 5.41) is 3.52. The molecular weight excluding hydrogens is 348 g/mol. The van der Waals surface area contributed by atoms with Crippen LogP contribution < -0.4 is 15.8 Å². The Morgan fingerprint density at radius 2 is 1.83 bits per heavy atom. The lowest BCUT2D eigenvalue weighted by Gasteiger charge is -2.10. The quantitative estimate of drug-likeness (QED) is 0.557. The van der Waals surface area contributed by atoms with Gasteiger partial charge in [0.1, 0.15) is 5.75 Å². The molecule has 2 aromatic rings. The summed E-state index contributed by atoms with van der Waals surface area (Å²) in [6, 6.07) is 14.2. The molecule has 0 aliphatic rings. The molecule has 0 fully saturated rings. The SMILES string of the molecule is NC(=O)COc1ccccc1C(=O)NCCSc1ccc(Cl)cc1. The molecule has 2 rings (SSSR count). The van der Waals surface area contributed by atoms with Crippen LogP contribution in [0.5, 0.6) is 5.75 Å². The maximum Gasteiger partial charge on any atom is 0.255 e. The smallest absolute Gasteiger partial charge is 0.255 e. The Morgan fingerprint density at radius 3 is 2.54 bits per heavy atom. The summed E-state index contributed by atoms with van der Waals surface area (Å²) in [4.78, 5) is 24.1. The van der Waals surface area contributed by atoms with Crippen LogP contribution in [-0.4, -0.2) is 30.7 Å². The van der Waals surface area contributed by atoms with Gasteiger partial charge in [0.15, 0.2) is 6.61 Å². The molecule has 3 N–H and O–H groups in total. The Hall–Kier alpha value is -2.18. The maximum atomic E-state index is 12.2. The Labute approximate surface area is 149 Å². The van der Waals surface area contributed by atoms with Gasteiger partial charge in [0.25, 0.3) is 11.8 Å². The number of para-hydroxylation sites is 1. The van der Waals surface area contributed by atoms with E-state index >= 15 is 0 Å². The first kappa shape index (κ1) is 18.2. The average Bonchev–Trinajstić information content (AvgIpc) is 2.58. The lowest BCUT2D eigenvalue weighted by Crippen LogP contribution is -2.27. The highest BCUT2D eigenvalue weighted by Gasteiger charge is 2.12. The molecule has 7 heteroatoms. The normalized spacial score (nSPS) is 10.2. The third kappa shape index (κ3) is 5.79. The molecule has 0 saturated heterocycles. The molecule has 0 spiro atoms. The fraction of sp³-hybridized carbons (Fsp3) is 0.176. The lowest BCUT2D eigenvalue weighted by molar-refractivity contribution is -0.119. The number of nitrogens with two attached hydrogens (primary N) is 1. The zero-order valence-electron chi connectivity index (χ0n) is 12.8. The van der Waals surface area contributed by atoms with Gasteiger partial charge in [0.2, 0.25) is 0 Å². The zero-order valence-corrected chi connectivity index (χ0v) is 14.4. The monoisotopic (exact) mass is 364 g/mol. The summed E-state index contributed by atoms with van der Waals surface area (Å²) in [6.07, 6.45) is 0. The molecule has 0 saturated carbocycles. The molecule has 0 atom stereocenters. The molecule has 0 aliphatic heterocycles. The first-order chi connectivity index (χ1) is 11.6. The number of carbonyl (C=O) groups is 2. The highest BCUT2D eigenvalue weighted by atomic mass is 35.5. The van der Waals surface area contributed by atoms with Gasteiger partial charge in [-0.2, -0.15) is 0 Å². The van der Waals surface area contributed by atoms with Gasteiger partial charge in [-0.1, -0.05) is 23.7 Å². The first-order valence-electron chi connectivity index (χ1n) is 7.23. The van der Waals surface area contributed by atoms with Gasteiger partial charge in [0, 0.05) is 22.2 Å². The molecule has 0 aromatic heterocycles. The number of thioether (sulfide) groups is 1. The summed E-state index contributed by atoms with van der Waals surface area (Å²) in [5.74, 6) is 0.202. The van der Waals surface area contributed by atoms with Gasteiger partial charge in [-0.15, -0.1) is 11.8 Å². The van der Waals surface area contributed by atoms with Crippen molar-refractivity contribution in [3.8, 4) is 5.75 Å². The van der Waals surface area contributed by atoms with Crippen molar-refractivity contribution >= 4 is 35.2 Å². The van der Waals surface area contributed by atoms with E-state index in [-0.39, 0.29) is 12.5 Å². The van der Waals surface area contributed by atoms with Crippen LogP contribution >= 0.6 is 23.4 Å². The summed E-state index contributed by atoms with van der Waals surface area (Å²) < 4.78 is 5.25. The summed E-state index contributed by atoms with van der Waals surface area (Å²) in [6.45, 7) is 0.229. The van der Waals surface area contributed by atoms with Crippen molar-refractivity contribution in [3.05, 3.63) is 59.1 Å². The third-order valence-electron chi connectivity index (χ3n) is 2.97. The minimum atomic E-state index is -0.593. The topological polar surface area (TPSA) is 81.4 Å². The number of halogens is 1. The van der Waals surface area contributed by atoms with Gasteiger partial charge < -0.3 is 15.8 Å². The summed E-state index contributed by atoms with van der Waals surface area (Å²) in [7, 11) is 0. The summed E-state index contributed by atoms with van der Waals surface area (Å²) in [5.41, 5.74) is 5.42. The number of benzene rings is 2. The van der Waals surface area contributed by atoms with Crippen LogP contribution in [0.1, 0.15) is 10.4 Å². The van der Waals surface area contributed by atoms with E-state index in [1.807, 2.05) is 24.3 Å². The second-order valence-corrected chi connectivity index (χ2v) is 6.41. The van der Waals surface area contributed by atoms with Crippen LogP contribution in [0.25, 0.3) is 0 Å². The molecule has 5 nitrogen and oxygen atoms in total. The number of primary amides is 1. The second-order valence-electron chi connectivity index (χ2n) is 4.81. The Balaban J connectivity index is 1.84. The van der Waals surface area contributed by atoms with E-state index in [0.717, 1.165) is 10.6 Å². The average molecular weight is 365 g/mol. The van der Waals surface area contributed by atoms with E-state index in [1.165, 1.54) is 0 Å². The van der Waals surface area contributed by atoms with E-state index in [4.69, 9.17) is 22.1 Å². The predicted molar refractivity (Wildman–Crippen MR) is 95.6 cm³/mol. The highest BCUT2D eigenvalue weighted by Crippen LogP contribution is 2.20. The number of amides is 2. The van der Waals surface area contributed by atoms with Crippen molar-refractivity contribution in [1.29, 1.82) is 0 Å². The first-order valence-corrected chi connectivity index (χ1v) is 8.59. The number of nitrogens with one attached hydrogen (secondary N) is 1.